The van der Waals surface area contributed by atoms with Crippen LogP contribution < -0.4 is 0 Å². The summed E-state index contributed by atoms with van der Waals surface area (Å²) in [5, 5.41) is 0. The molecule has 1 unspecified atom stereocenters. The van der Waals surface area contributed by atoms with Gasteiger partial charge in [0.15, 0.2) is 17.5 Å². The van der Waals surface area contributed by atoms with Crippen LogP contribution in [0.25, 0.3) is 56.4 Å². The van der Waals surface area contributed by atoms with Crippen molar-refractivity contribution in [2.75, 3.05) is 0 Å². The number of aromatic nitrogens is 5. The smallest absolute Gasteiger partial charge is 0.163 e. The van der Waals surface area contributed by atoms with Gasteiger partial charge in [-0.25, -0.2) is 24.9 Å². The lowest BCUT2D eigenvalue weighted by Gasteiger charge is -2.16. The Morgan fingerprint density at radius 1 is 0.500 bits per heavy atom. The Kier molecular flexibility index (Phi) is 7.43. The molecule has 0 fully saturated rings. The van der Waals surface area contributed by atoms with Crippen molar-refractivity contribution < 1.29 is 0 Å². The maximum absolute atomic E-state index is 5.09. The van der Waals surface area contributed by atoms with E-state index in [1.54, 1.807) is 12.4 Å². The van der Waals surface area contributed by atoms with Crippen LogP contribution in [0, 0.1) is 13.8 Å². The Balaban J connectivity index is 1.40. The molecule has 0 aliphatic heterocycles. The number of aryl methyl sites for hydroxylation is 2. The van der Waals surface area contributed by atoms with Gasteiger partial charge in [0.25, 0.3) is 0 Å². The van der Waals surface area contributed by atoms with Crippen LogP contribution >= 0.6 is 0 Å². The van der Waals surface area contributed by atoms with Gasteiger partial charge in [0.1, 0.15) is 5.82 Å². The zero-order valence-corrected chi connectivity index (χ0v) is 24.7. The van der Waals surface area contributed by atoms with Gasteiger partial charge in [-0.05, 0) is 66.8 Å². The van der Waals surface area contributed by atoms with Crippen molar-refractivity contribution in [1.29, 1.82) is 0 Å². The minimum Gasteiger partial charge on any atom is -0.237 e. The maximum atomic E-state index is 5.09. The SMILES string of the molecule is Cc1cc(C)cc(-c2cc(-c3ccc(-c4ncccn4)cc3)cc(-c3nc(-c4ccccc4)nc(C4C=CC=CC4)n3)c2)c1. The zero-order valence-electron chi connectivity index (χ0n) is 24.7. The van der Waals surface area contributed by atoms with Gasteiger partial charge < -0.3 is 0 Å². The number of nitrogens with zero attached hydrogens (tertiary/aromatic N) is 5. The molecule has 0 saturated carbocycles. The molecular weight excluding hydrogens is 538 g/mol. The number of allylic oxidation sites excluding steroid dienone is 4. The van der Waals surface area contributed by atoms with Crippen molar-refractivity contribution in [3.63, 3.8) is 0 Å². The molecule has 1 aliphatic carbocycles. The molecule has 1 atom stereocenters. The molecule has 2 aromatic heterocycles. The standard InChI is InChI=1S/C39H31N5/c1-26-20-27(2)22-32(21-26)34-23-33(28-14-16-31(17-15-28)36-40-18-9-19-41-36)24-35(25-34)39-43-37(29-10-5-3-6-11-29)42-38(44-39)30-12-7-4-8-13-30/h3-12,14-25,30H,13H2,1-2H3. The third-order valence-corrected chi connectivity index (χ3v) is 7.79. The van der Waals surface area contributed by atoms with E-state index in [1.807, 2.05) is 24.3 Å². The second-order valence-corrected chi connectivity index (χ2v) is 11.2. The van der Waals surface area contributed by atoms with Crippen molar-refractivity contribution >= 4 is 0 Å². The fourth-order valence-corrected chi connectivity index (χ4v) is 5.67. The number of hydrogen-bond donors (Lipinski definition) is 0. The van der Waals surface area contributed by atoms with Crippen LogP contribution in [0.2, 0.25) is 0 Å². The van der Waals surface area contributed by atoms with Crippen LogP contribution in [0.5, 0.6) is 0 Å². The highest BCUT2D eigenvalue weighted by Crippen LogP contribution is 2.35. The lowest BCUT2D eigenvalue weighted by Crippen LogP contribution is -2.08. The quantitative estimate of drug-likeness (QED) is 0.200. The number of hydrogen-bond acceptors (Lipinski definition) is 5. The first-order chi connectivity index (χ1) is 21.6. The van der Waals surface area contributed by atoms with E-state index in [9.17, 15) is 0 Å². The van der Waals surface area contributed by atoms with E-state index in [0.29, 0.717) is 17.5 Å². The van der Waals surface area contributed by atoms with Crippen molar-refractivity contribution in [1.82, 2.24) is 24.9 Å². The molecule has 4 aromatic carbocycles. The molecule has 2 heterocycles. The highest BCUT2D eigenvalue weighted by Gasteiger charge is 2.18. The Morgan fingerprint density at radius 3 is 1.77 bits per heavy atom. The molecule has 7 rings (SSSR count). The van der Waals surface area contributed by atoms with Crippen molar-refractivity contribution in [3.05, 3.63) is 151 Å². The number of rotatable bonds is 6. The summed E-state index contributed by atoms with van der Waals surface area (Å²) < 4.78 is 0. The van der Waals surface area contributed by atoms with Gasteiger partial charge in [-0.15, -0.1) is 0 Å². The summed E-state index contributed by atoms with van der Waals surface area (Å²) >= 11 is 0. The van der Waals surface area contributed by atoms with Crippen LogP contribution in [0.4, 0.5) is 0 Å². The Morgan fingerprint density at radius 2 is 1.09 bits per heavy atom. The Bertz CT molecular complexity index is 1980. The highest BCUT2D eigenvalue weighted by atomic mass is 15.0. The summed E-state index contributed by atoms with van der Waals surface area (Å²) in [5.41, 5.74) is 9.80. The monoisotopic (exact) mass is 569 g/mol. The van der Waals surface area contributed by atoms with E-state index in [2.05, 4.69) is 121 Å². The normalized spacial score (nSPS) is 14.1. The Hall–Kier alpha value is -5.55. The fourth-order valence-electron chi connectivity index (χ4n) is 5.67. The predicted octanol–water partition coefficient (Wildman–Crippen LogP) is 9.21. The van der Waals surface area contributed by atoms with E-state index in [1.165, 1.54) is 11.1 Å². The van der Waals surface area contributed by atoms with Crippen molar-refractivity contribution in [3.8, 4) is 56.4 Å². The van der Waals surface area contributed by atoms with Crippen LogP contribution in [0.3, 0.4) is 0 Å². The first-order valence-electron chi connectivity index (χ1n) is 14.9. The van der Waals surface area contributed by atoms with Gasteiger partial charge in [-0.2, -0.15) is 0 Å². The van der Waals surface area contributed by atoms with Gasteiger partial charge in [0, 0.05) is 35.0 Å². The van der Waals surface area contributed by atoms with Crippen LogP contribution in [-0.2, 0) is 0 Å². The second kappa shape index (κ2) is 12.0. The lowest BCUT2D eigenvalue weighted by molar-refractivity contribution is 0.764. The van der Waals surface area contributed by atoms with Gasteiger partial charge in [0.05, 0.1) is 0 Å². The van der Waals surface area contributed by atoms with Crippen LogP contribution in [0.1, 0.15) is 29.3 Å². The molecule has 5 nitrogen and oxygen atoms in total. The first kappa shape index (κ1) is 27.3. The van der Waals surface area contributed by atoms with Gasteiger partial charge in [-0.3, -0.25) is 0 Å². The predicted molar refractivity (Wildman–Crippen MR) is 178 cm³/mol. The molecule has 0 spiro atoms. The molecule has 5 heteroatoms. The molecule has 0 amide bonds. The molecule has 1 aliphatic rings. The van der Waals surface area contributed by atoms with Gasteiger partial charge in [-0.1, -0.05) is 108 Å². The summed E-state index contributed by atoms with van der Waals surface area (Å²) in [7, 11) is 0. The van der Waals surface area contributed by atoms with Gasteiger partial charge in [0.2, 0.25) is 0 Å². The molecule has 44 heavy (non-hydrogen) atoms. The molecule has 6 aromatic rings. The largest absolute Gasteiger partial charge is 0.237 e. The molecular formula is C39H31N5. The second-order valence-electron chi connectivity index (χ2n) is 11.2. The van der Waals surface area contributed by atoms with E-state index in [0.717, 1.165) is 51.2 Å². The van der Waals surface area contributed by atoms with Crippen LogP contribution in [0.15, 0.2) is 134 Å². The average molecular weight is 570 g/mol. The fraction of sp³-hybridized carbons (Fsp3) is 0.103. The summed E-state index contributed by atoms with van der Waals surface area (Å²) in [6.45, 7) is 4.28. The van der Waals surface area contributed by atoms with E-state index in [-0.39, 0.29) is 5.92 Å². The zero-order chi connectivity index (χ0) is 29.9. The van der Waals surface area contributed by atoms with Crippen molar-refractivity contribution in [2.45, 2.75) is 26.2 Å². The van der Waals surface area contributed by atoms with E-state index >= 15 is 0 Å². The molecule has 0 bridgehead atoms. The highest BCUT2D eigenvalue weighted by molar-refractivity contribution is 5.81. The third kappa shape index (κ3) is 5.86. The first-order valence-corrected chi connectivity index (χ1v) is 14.9. The lowest BCUT2D eigenvalue weighted by atomic mass is 9.93. The summed E-state index contributed by atoms with van der Waals surface area (Å²) in [5.74, 6) is 2.93. The van der Waals surface area contributed by atoms with E-state index < -0.39 is 0 Å². The molecule has 0 saturated heterocycles. The van der Waals surface area contributed by atoms with Crippen molar-refractivity contribution in [2.24, 2.45) is 0 Å². The number of benzene rings is 4. The summed E-state index contributed by atoms with van der Waals surface area (Å²) in [4.78, 5) is 23.9. The minimum absolute atomic E-state index is 0.0963. The average Bonchev–Trinajstić information content (AvgIpc) is 3.09. The molecule has 0 radical (unpaired) electrons. The third-order valence-electron chi connectivity index (χ3n) is 7.79. The van der Waals surface area contributed by atoms with E-state index in [4.69, 9.17) is 15.0 Å². The molecule has 212 valence electrons. The maximum Gasteiger partial charge on any atom is 0.163 e. The topological polar surface area (TPSA) is 64.5 Å². The van der Waals surface area contributed by atoms with Gasteiger partial charge >= 0.3 is 0 Å². The van der Waals surface area contributed by atoms with Crippen LogP contribution in [-0.4, -0.2) is 24.9 Å². The molecule has 0 N–H and O–H groups in total. The summed E-state index contributed by atoms with van der Waals surface area (Å²) in [6.07, 6.45) is 12.9. The summed E-state index contributed by atoms with van der Waals surface area (Å²) in [6, 6.07) is 33.7. The minimum atomic E-state index is 0.0963. The Labute approximate surface area is 257 Å².